The molecule has 0 aliphatic carbocycles. The normalized spacial score (nSPS) is 22.3. The fraction of sp³-hybridized carbons (Fsp3) is 0.458. The summed E-state index contributed by atoms with van der Waals surface area (Å²) in [5, 5.41) is 3.14. The molecule has 4 nitrogen and oxygen atoms in total. The van der Waals surface area contributed by atoms with E-state index >= 15 is 0 Å². The Morgan fingerprint density at radius 1 is 1.00 bits per heavy atom. The molecule has 2 heterocycles. The van der Waals surface area contributed by atoms with Crippen LogP contribution in [0.3, 0.4) is 0 Å². The molecule has 2 saturated heterocycles. The van der Waals surface area contributed by atoms with E-state index in [0.717, 1.165) is 52.0 Å². The second kappa shape index (κ2) is 9.56. The van der Waals surface area contributed by atoms with Gasteiger partial charge in [0, 0.05) is 44.5 Å². The van der Waals surface area contributed by atoms with Gasteiger partial charge in [0.1, 0.15) is 0 Å². The number of carbonyl (C=O) groups excluding carboxylic acids is 1. The Kier molecular flexibility index (Phi) is 6.62. The monoisotopic (exact) mass is 413 g/mol. The minimum Gasteiger partial charge on any atom is -0.371 e. The van der Waals surface area contributed by atoms with Crippen LogP contribution in [0.2, 0.25) is 0 Å². The van der Waals surface area contributed by atoms with Crippen LogP contribution in [0.4, 0.5) is 14.5 Å². The molecule has 2 aliphatic heterocycles. The van der Waals surface area contributed by atoms with Crippen LogP contribution in [-0.4, -0.2) is 43.5 Å². The minimum absolute atomic E-state index is 0.0335. The minimum atomic E-state index is -0.824. The van der Waals surface area contributed by atoms with E-state index in [4.69, 9.17) is 0 Å². The highest BCUT2D eigenvalue weighted by atomic mass is 19.2. The molecule has 0 bridgehead atoms. The van der Waals surface area contributed by atoms with E-state index < -0.39 is 11.6 Å². The van der Waals surface area contributed by atoms with E-state index in [9.17, 15) is 13.6 Å². The van der Waals surface area contributed by atoms with Crippen LogP contribution in [0.25, 0.3) is 0 Å². The van der Waals surface area contributed by atoms with Crippen molar-refractivity contribution in [3.63, 3.8) is 0 Å². The zero-order chi connectivity index (χ0) is 20.9. The SMILES string of the molecule is O=C(NC[C@@H]1CCN(c2ccc(F)c(F)c2)C1)[C@@H]1CCCN(Cc2ccccc2)C1. The lowest BCUT2D eigenvalue weighted by Gasteiger charge is -2.32. The van der Waals surface area contributed by atoms with E-state index in [0.29, 0.717) is 18.2 Å². The maximum atomic E-state index is 13.5. The fourth-order valence-electron chi connectivity index (χ4n) is 4.56. The molecule has 1 N–H and O–H groups in total. The van der Waals surface area contributed by atoms with E-state index in [1.807, 2.05) is 6.07 Å². The van der Waals surface area contributed by atoms with E-state index in [-0.39, 0.29) is 11.8 Å². The number of nitrogens with one attached hydrogen (secondary N) is 1. The molecule has 2 fully saturated rings. The van der Waals surface area contributed by atoms with Crippen LogP contribution in [0.1, 0.15) is 24.8 Å². The van der Waals surface area contributed by atoms with Crippen molar-refractivity contribution in [2.75, 3.05) is 37.6 Å². The first-order valence-corrected chi connectivity index (χ1v) is 10.8. The number of anilines is 1. The van der Waals surface area contributed by atoms with Gasteiger partial charge in [-0.05, 0) is 49.4 Å². The number of likely N-dealkylation sites (tertiary alicyclic amines) is 1. The average Bonchev–Trinajstić information content (AvgIpc) is 3.24. The lowest BCUT2D eigenvalue weighted by molar-refractivity contribution is -0.126. The van der Waals surface area contributed by atoms with Crippen molar-refractivity contribution in [1.82, 2.24) is 10.2 Å². The molecular weight excluding hydrogens is 384 g/mol. The molecular formula is C24H29F2N3O. The number of amides is 1. The van der Waals surface area contributed by atoms with Crippen molar-refractivity contribution in [3.8, 4) is 0 Å². The van der Waals surface area contributed by atoms with Gasteiger partial charge in [0.2, 0.25) is 5.91 Å². The first-order chi connectivity index (χ1) is 14.6. The summed E-state index contributed by atoms with van der Waals surface area (Å²) in [5.74, 6) is -1.14. The summed E-state index contributed by atoms with van der Waals surface area (Å²) < 4.78 is 26.7. The molecule has 4 rings (SSSR count). The molecule has 2 atom stereocenters. The van der Waals surface area contributed by atoms with Gasteiger partial charge in [0.05, 0.1) is 5.92 Å². The summed E-state index contributed by atoms with van der Waals surface area (Å²) in [7, 11) is 0. The standard InChI is InChI=1S/C24H29F2N3O/c25-22-9-8-21(13-23(22)26)29-12-10-19(16-29)14-27-24(30)20-7-4-11-28(17-20)15-18-5-2-1-3-6-18/h1-3,5-6,8-9,13,19-20H,4,7,10-12,14-17H2,(H,27,30)/t19-,20+/m0/s1. The van der Waals surface area contributed by atoms with Gasteiger partial charge in [0.25, 0.3) is 0 Å². The number of rotatable bonds is 6. The maximum absolute atomic E-state index is 13.5. The van der Waals surface area contributed by atoms with Crippen LogP contribution >= 0.6 is 0 Å². The second-order valence-corrected chi connectivity index (χ2v) is 8.50. The zero-order valence-corrected chi connectivity index (χ0v) is 17.2. The van der Waals surface area contributed by atoms with Gasteiger partial charge < -0.3 is 10.2 Å². The molecule has 0 saturated carbocycles. The van der Waals surface area contributed by atoms with Crippen LogP contribution in [-0.2, 0) is 11.3 Å². The first-order valence-electron chi connectivity index (χ1n) is 10.8. The summed E-state index contributed by atoms with van der Waals surface area (Å²) in [4.78, 5) is 17.2. The number of hydrogen-bond acceptors (Lipinski definition) is 3. The summed E-state index contributed by atoms with van der Waals surface area (Å²) >= 11 is 0. The molecule has 0 aromatic heterocycles. The Labute approximate surface area is 176 Å². The Balaban J connectivity index is 1.24. The summed E-state index contributed by atoms with van der Waals surface area (Å²) in [6.07, 6.45) is 2.91. The summed E-state index contributed by atoms with van der Waals surface area (Å²) in [6, 6.07) is 14.4. The first kappa shape index (κ1) is 20.8. The van der Waals surface area contributed by atoms with Gasteiger partial charge in [-0.2, -0.15) is 0 Å². The van der Waals surface area contributed by atoms with Crippen LogP contribution in [0, 0.1) is 23.5 Å². The molecule has 2 aromatic rings. The Bertz CT molecular complexity index is 861. The third-order valence-electron chi connectivity index (χ3n) is 6.24. The number of hydrogen-bond donors (Lipinski definition) is 1. The number of carbonyl (C=O) groups is 1. The van der Waals surface area contributed by atoms with Gasteiger partial charge in [-0.1, -0.05) is 30.3 Å². The quantitative estimate of drug-likeness (QED) is 0.782. The molecule has 160 valence electrons. The number of piperidine rings is 1. The maximum Gasteiger partial charge on any atom is 0.224 e. The molecule has 0 unspecified atom stereocenters. The largest absolute Gasteiger partial charge is 0.371 e. The Morgan fingerprint density at radius 3 is 2.63 bits per heavy atom. The molecule has 0 spiro atoms. The van der Waals surface area contributed by atoms with Crippen LogP contribution in [0.15, 0.2) is 48.5 Å². The third kappa shape index (κ3) is 5.17. The number of halogens is 2. The van der Waals surface area contributed by atoms with Crippen molar-refractivity contribution in [3.05, 3.63) is 65.7 Å². The summed E-state index contributed by atoms with van der Waals surface area (Å²) in [5.41, 5.74) is 1.98. The predicted octanol–water partition coefficient (Wildman–Crippen LogP) is 3.82. The molecule has 2 aliphatic rings. The van der Waals surface area contributed by atoms with Gasteiger partial charge in [0.15, 0.2) is 11.6 Å². The molecule has 2 aromatic carbocycles. The van der Waals surface area contributed by atoms with Crippen molar-refractivity contribution < 1.29 is 13.6 Å². The number of benzene rings is 2. The van der Waals surface area contributed by atoms with E-state index in [2.05, 4.69) is 39.4 Å². The van der Waals surface area contributed by atoms with Gasteiger partial charge in [-0.15, -0.1) is 0 Å². The highest BCUT2D eigenvalue weighted by Crippen LogP contribution is 2.25. The number of nitrogens with zero attached hydrogens (tertiary/aromatic N) is 2. The van der Waals surface area contributed by atoms with Gasteiger partial charge >= 0.3 is 0 Å². The molecule has 1 amide bonds. The van der Waals surface area contributed by atoms with Crippen LogP contribution < -0.4 is 10.2 Å². The second-order valence-electron chi connectivity index (χ2n) is 8.50. The topological polar surface area (TPSA) is 35.6 Å². The van der Waals surface area contributed by atoms with Crippen LogP contribution in [0.5, 0.6) is 0 Å². The fourth-order valence-corrected chi connectivity index (χ4v) is 4.56. The molecule has 6 heteroatoms. The van der Waals surface area contributed by atoms with Gasteiger partial charge in [-0.3, -0.25) is 9.69 Å². The highest BCUT2D eigenvalue weighted by Gasteiger charge is 2.28. The summed E-state index contributed by atoms with van der Waals surface area (Å²) in [6.45, 7) is 4.89. The van der Waals surface area contributed by atoms with Crippen molar-refractivity contribution in [2.24, 2.45) is 11.8 Å². The highest BCUT2D eigenvalue weighted by molar-refractivity contribution is 5.79. The van der Waals surface area contributed by atoms with Crippen molar-refractivity contribution in [1.29, 1.82) is 0 Å². The smallest absolute Gasteiger partial charge is 0.224 e. The van der Waals surface area contributed by atoms with E-state index in [1.54, 1.807) is 6.07 Å². The molecule has 0 radical (unpaired) electrons. The Morgan fingerprint density at radius 2 is 1.83 bits per heavy atom. The van der Waals surface area contributed by atoms with E-state index in [1.165, 1.54) is 17.7 Å². The van der Waals surface area contributed by atoms with Crippen molar-refractivity contribution >= 4 is 11.6 Å². The predicted molar refractivity (Wildman–Crippen MR) is 114 cm³/mol. The van der Waals surface area contributed by atoms with Gasteiger partial charge in [-0.25, -0.2) is 8.78 Å². The third-order valence-corrected chi connectivity index (χ3v) is 6.24. The Hall–Kier alpha value is -2.47. The zero-order valence-electron chi connectivity index (χ0n) is 17.2. The lowest BCUT2D eigenvalue weighted by atomic mass is 9.96. The average molecular weight is 414 g/mol. The molecule has 30 heavy (non-hydrogen) atoms. The van der Waals surface area contributed by atoms with Crippen molar-refractivity contribution in [2.45, 2.75) is 25.8 Å². The lowest BCUT2D eigenvalue weighted by Crippen LogP contribution is -2.43.